The molecular weight excluding hydrogens is 258 g/mol. The third-order valence-corrected chi connectivity index (χ3v) is 5.75. The smallest absolute Gasteiger partial charge is 0.0779 e. The lowest BCUT2D eigenvalue weighted by atomic mass is 9.75. The minimum atomic E-state index is -0.235. The number of rotatable bonds is 4. The molecule has 4 heteroatoms. The Labute approximate surface area is 122 Å². The van der Waals surface area contributed by atoms with Gasteiger partial charge in [-0.3, -0.25) is 0 Å². The predicted molar refractivity (Wildman–Crippen MR) is 81.6 cm³/mol. The van der Waals surface area contributed by atoms with Gasteiger partial charge in [0.2, 0.25) is 0 Å². The van der Waals surface area contributed by atoms with Crippen molar-refractivity contribution in [2.75, 3.05) is 24.7 Å². The van der Waals surface area contributed by atoms with Crippen LogP contribution in [0.25, 0.3) is 0 Å². The van der Waals surface area contributed by atoms with Crippen molar-refractivity contribution in [3.05, 3.63) is 0 Å². The van der Waals surface area contributed by atoms with Gasteiger partial charge in [0, 0.05) is 19.3 Å². The van der Waals surface area contributed by atoms with Crippen molar-refractivity contribution in [1.82, 2.24) is 0 Å². The summed E-state index contributed by atoms with van der Waals surface area (Å²) < 4.78 is 12.0. The van der Waals surface area contributed by atoms with Crippen molar-refractivity contribution in [2.24, 2.45) is 11.7 Å². The van der Waals surface area contributed by atoms with Gasteiger partial charge in [0.05, 0.1) is 11.2 Å². The first-order chi connectivity index (χ1) is 8.99. The van der Waals surface area contributed by atoms with Gasteiger partial charge in [-0.15, -0.1) is 0 Å². The molecule has 0 aliphatic carbocycles. The number of nitrogens with two attached hydrogens (primary N) is 1. The van der Waals surface area contributed by atoms with Gasteiger partial charge >= 0.3 is 0 Å². The highest BCUT2D eigenvalue weighted by Crippen LogP contribution is 2.41. The maximum absolute atomic E-state index is 6.52. The second kappa shape index (κ2) is 6.33. The van der Waals surface area contributed by atoms with E-state index in [1.165, 1.54) is 24.3 Å². The first-order valence-electron chi connectivity index (χ1n) is 7.60. The average Bonchev–Trinajstić information content (AvgIpc) is 2.39. The van der Waals surface area contributed by atoms with Crippen LogP contribution >= 0.6 is 11.8 Å². The zero-order valence-corrected chi connectivity index (χ0v) is 13.4. The van der Waals surface area contributed by atoms with Crippen LogP contribution in [0, 0.1) is 5.92 Å². The number of hydrogen-bond donors (Lipinski definition) is 1. The third kappa shape index (κ3) is 3.66. The Morgan fingerprint density at radius 3 is 2.74 bits per heavy atom. The monoisotopic (exact) mass is 287 g/mol. The van der Waals surface area contributed by atoms with Crippen LogP contribution < -0.4 is 5.73 Å². The van der Waals surface area contributed by atoms with E-state index in [9.17, 15) is 0 Å². The van der Waals surface area contributed by atoms with Crippen LogP contribution in [0.4, 0.5) is 0 Å². The Hall–Kier alpha value is 0.230. The van der Waals surface area contributed by atoms with E-state index in [-0.39, 0.29) is 17.2 Å². The van der Waals surface area contributed by atoms with Crippen molar-refractivity contribution in [3.63, 3.8) is 0 Å². The number of ether oxygens (including phenoxy) is 2. The molecule has 0 aromatic rings. The molecule has 2 heterocycles. The molecule has 2 aliphatic heterocycles. The molecule has 2 aliphatic rings. The molecule has 0 aromatic carbocycles. The second-order valence-electron chi connectivity index (χ2n) is 6.46. The Balaban J connectivity index is 2.00. The zero-order chi connectivity index (χ0) is 13.9. The highest BCUT2D eigenvalue weighted by atomic mass is 32.2. The first-order valence-corrected chi connectivity index (χ1v) is 8.76. The number of hydrogen-bond acceptors (Lipinski definition) is 4. The van der Waals surface area contributed by atoms with E-state index < -0.39 is 0 Å². The molecule has 112 valence electrons. The Kier molecular flexibility index (Phi) is 5.21. The van der Waals surface area contributed by atoms with Crippen LogP contribution in [-0.2, 0) is 9.47 Å². The van der Waals surface area contributed by atoms with Crippen LogP contribution in [0.15, 0.2) is 0 Å². The summed E-state index contributed by atoms with van der Waals surface area (Å²) in [5, 5.41) is 0. The molecular formula is C15H29NO2S. The topological polar surface area (TPSA) is 44.5 Å². The van der Waals surface area contributed by atoms with Gasteiger partial charge in [0.1, 0.15) is 0 Å². The minimum Gasteiger partial charge on any atom is -0.375 e. The maximum Gasteiger partial charge on any atom is 0.0779 e. The summed E-state index contributed by atoms with van der Waals surface area (Å²) >= 11 is 2.05. The molecule has 3 nitrogen and oxygen atoms in total. The van der Waals surface area contributed by atoms with Crippen molar-refractivity contribution in [2.45, 2.75) is 63.7 Å². The summed E-state index contributed by atoms with van der Waals surface area (Å²) in [4.78, 5) is 0. The van der Waals surface area contributed by atoms with Crippen molar-refractivity contribution in [3.8, 4) is 0 Å². The van der Waals surface area contributed by atoms with Crippen LogP contribution in [0.2, 0.25) is 0 Å². The highest BCUT2D eigenvalue weighted by molar-refractivity contribution is 7.99. The molecule has 0 amide bonds. The van der Waals surface area contributed by atoms with E-state index in [1.54, 1.807) is 0 Å². The lowest BCUT2D eigenvalue weighted by Crippen LogP contribution is -2.55. The zero-order valence-electron chi connectivity index (χ0n) is 12.6. The highest BCUT2D eigenvalue weighted by Gasteiger charge is 2.43. The van der Waals surface area contributed by atoms with E-state index in [4.69, 9.17) is 15.2 Å². The van der Waals surface area contributed by atoms with Crippen LogP contribution in [0.1, 0.15) is 46.5 Å². The van der Waals surface area contributed by atoms with Gasteiger partial charge < -0.3 is 15.2 Å². The van der Waals surface area contributed by atoms with Gasteiger partial charge in [-0.1, -0.05) is 0 Å². The Bertz CT molecular complexity index is 284. The SMILES string of the molecule is CCOC(C)(C)C(N)C1CCOC2(CCSCC2)C1. The lowest BCUT2D eigenvalue weighted by molar-refractivity contribution is -0.123. The van der Waals surface area contributed by atoms with Gasteiger partial charge in [-0.25, -0.2) is 0 Å². The number of thioether (sulfide) groups is 1. The van der Waals surface area contributed by atoms with Crippen LogP contribution in [0.3, 0.4) is 0 Å². The fourth-order valence-electron chi connectivity index (χ4n) is 3.50. The third-order valence-electron chi connectivity index (χ3n) is 4.76. The van der Waals surface area contributed by atoms with E-state index in [2.05, 4.69) is 13.8 Å². The molecule has 2 fully saturated rings. The summed E-state index contributed by atoms with van der Waals surface area (Å²) in [6, 6.07) is 0.0998. The lowest BCUT2D eigenvalue weighted by Gasteiger charge is -2.47. The predicted octanol–water partition coefficient (Wildman–Crippen LogP) is 2.82. The standard InChI is InChI=1S/C15H29NO2S/c1-4-17-14(2,3)13(16)12-5-8-18-15(11-12)6-9-19-10-7-15/h12-13H,4-11,16H2,1-3H3. The summed E-state index contributed by atoms with van der Waals surface area (Å²) in [6.45, 7) is 7.88. The normalized spacial score (nSPS) is 29.4. The largest absolute Gasteiger partial charge is 0.375 e. The molecule has 0 saturated carbocycles. The van der Waals surface area contributed by atoms with Gasteiger partial charge in [-0.2, -0.15) is 11.8 Å². The molecule has 0 bridgehead atoms. The van der Waals surface area contributed by atoms with Crippen molar-refractivity contribution >= 4 is 11.8 Å². The molecule has 2 saturated heterocycles. The molecule has 2 unspecified atom stereocenters. The summed E-state index contributed by atoms with van der Waals surface area (Å²) in [7, 11) is 0. The summed E-state index contributed by atoms with van der Waals surface area (Å²) in [6.07, 6.45) is 4.57. The molecule has 2 rings (SSSR count). The van der Waals surface area contributed by atoms with Gasteiger partial charge in [0.25, 0.3) is 0 Å². The summed E-state index contributed by atoms with van der Waals surface area (Å²) in [5.41, 5.74) is 6.40. The van der Waals surface area contributed by atoms with Crippen LogP contribution in [0.5, 0.6) is 0 Å². The summed E-state index contributed by atoms with van der Waals surface area (Å²) in [5.74, 6) is 2.99. The fourth-order valence-corrected chi connectivity index (χ4v) is 4.74. The molecule has 19 heavy (non-hydrogen) atoms. The molecule has 1 spiro atoms. The quantitative estimate of drug-likeness (QED) is 0.863. The fraction of sp³-hybridized carbons (Fsp3) is 1.00. The van der Waals surface area contributed by atoms with E-state index in [0.717, 1.165) is 26.1 Å². The van der Waals surface area contributed by atoms with Crippen LogP contribution in [-0.4, -0.2) is 42.0 Å². The second-order valence-corrected chi connectivity index (χ2v) is 7.68. The Morgan fingerprint density at radius 2 is 2.11 bits per heavy atom. The maximum atomic E-state index is 6.52. The molecule has 2 N–H and O–H groups in total. The van der Waals surface area contributed by atoms with E-state index in [0.29, 0.717) is 5.92 Å². The molecule has 0 aromatic heterocycles. The average molecular weight is 287 g/mol. The molecule has 0 radical (unpaired) electrons. The molecule has 2 atom stereocenters. The van der Waals surface area contributed by atoms with E-state index in [1.807, 2.05) is 18.7 Å². The van der Waals surface area contributed by atoms with Crippen molar-refractivity contribution in [1.29, 1.82) is 0 Å². The first kappa shape index (κ1) is 15.6. The van der Waals surface area contributed by atoms with Gasteiger partial charge in [0.15, 0.2) is 0 Å². The van der Waals surface area contributed by atoms with E-state index >= 15 is 0 Å². The van der Waals surface area contributed by atoms with Crippen molar-refractivity contribution < 1.29 is 9.47 Å². The Morgan fingerprint density at radius 1 is 1.42 bits per heavy atom. The van der Waals surface area contributed by atoms with Gasteiger partial charge in [-0.05, 0) is 63.9 Å². The minimum absolute atomic E-state index is 0.0998.